The molecule has 9 heteroatoms. The Morgan fingerprint density at radius 2 is 1.96 bits per heavy atom. The molecule has 0 spiro atoms. The SMILES string of the molecule is C[C@]1(CSc2ccccc2C(=O)OCC(=O)NC2CCCC2)NC(=O)NC1=O. The van der Waals surface area contributed by atoms with Crippen LogP contribution in [0.5, 0.6) is 0 Å². The van der Waals surface area contributed by atoms with Crippen molar-refractivity contribution < 1.29 is 23.9 Å². The second-order valence-corrected chi connectivity index (χ2v) is 8.17. The van der Waals surface area contributed by atoms with Crippen LogP contribution < -0.4 is 16.0 Å². The fourth-order valence-electron chi connectivity index (χ4n) is 3.21. The van der Waals surface area contributed by atoms with Crippen molar-refractivity contribution in [1.29, 1.82) is 0 Å². The number of carbonyl (C=O) groups is 4. The highest BCUT2D eigenvalue weighted by atomic mass is 32.2. The number of benzene rings is 1. The summed E-state index contributed by atoms with van der Waals surface area (Å²) in [5.41, 5.74) is -0.741. The number of amides is 4. The van der Waals surface area contributed by atoms with Crippen LogP contribution >= 0.6 is 11.8 Å². The summed E-state index contributed by atoms with van der Waals surface area (Å²) < 4.78 is 5.16. The van der Waals surface area contributed by atoms with E-state index in [0.717, 1.165) is 25.7 Å². The van der Waals surface area contributed by atoms with Crippen LogP contribution in [-0.4, -0.2) is 47.8 Å². The van der Waals surface area contributed by atoms with Crippen LogP contribution in [0.2, 0.25) is 0 Å². The first-order valence-corrected chi connectivity index (χ1v) is 10.2. The van der Waals surface area contributed by atoms with Crippen LogP contribution in [0.25, 0.3) is 0 Å². The average molecular weight is 405 g/mol. The summed E-state index contributed by atoms with van der Waals surface area (Å²) >= 11 is 1.26. The minimum absolute atomic E-state index is 0.169. The van der Waals surface area contributed by atoms with Crippen LogP contribution in [0.3, 0.4) is 0 Å². The van der Waals surface area contributed by atoms with Crippen molar-refractivity contribution >= 4 is 35.6 Å². The van der Waals surface area contributed by atoms with Crippen molar-refractivity contribution in [2.45, 2.75) is 49.1 Å². The fourth-order valence-corrected chi connectivity index (χ4v) is 4.34. The van der Waals surface area contributed by atoms with Crippen molar-refractivity contribution in [1.82, 2.24) is 16.0 Å². The molecule has 3 rings (SSSR count). The highest BCUT2D eigenvalue weighted by molar-refractivity contribution is 7.99. The minimum Gasteiger partial charge on any atom is -0.452 e. The molecule has 0 bridgehead atoms. The third-order valence-electron chi connectivity index (χ3n) is 4.80. The van der Waals surface area contributed by atoms with Gasteiger partial charge in [-0.1, -0.05) is 25.0 Å². The van der Waals surface area contributed by atoms with Gasteiger partial charge in [-0.3, -0.25) is 14.9 Å². The van der Waals surface area contributed by atoms with Crippen molar-refractivity contribution in [2.75, 3.05) is 12.4 Å². The number of nitrogens with one attached hydrogen (secondary N) is 3. The Morgan fingerprint density at radius 1 is 1.25 bits per heavy atom. The summed E-state index contributed by atoms with van der Waals surface area (Å²) in [7, 11) is 0. The summed E-state index contributed by atoms with van der Waals surface area (Å²) in [5, 5.41) is 7.66. The normalized spacial score (nSPS) is 21.9. The largest absolute Gasteiger partial charge is 0.452 e. The van der Waals surface area contributed by atoms with Gasteiger partial charge in [-0.25, -0.2) is 9.59 Å². The maximum Gasteiger partial charge on any atom is 0.339 e. The minimum atomic E-state index is -1.06. The van der Waals surface area contributed by atoms with Crippen LogP contribution in [-0.2, 0) is 14.3 Å². The van der Waals surface area contributed by atoms with E-state index in [4.69, 9.17) is 4.74 Å². The number of urea groups is 1. The lowest BCUT2D eigenvalue weighted by atomic mass is 10.1. The zero-order chi connectivity index (χ0) is 20.1. The highest BCUT2D eigenvalue weighted by Crippen LogP contribution is 2.28. The van der Waals surface area contributed by atoms with Gasteiger partial charge in [0, 0.05) is 16.7 Å². The summed E-state index contributed by atoms with van der Waals surface area (Å²) in [6.45, 7) is 1.29. The molecule has 4 amide bonds. The van der Waals surface area contributed by atoms with E-state index in [0.29, 0.717) is 10.5 Å². The fraction of sp³-hybridized carbons (Fsp3) is 0.474. The molecule has 0 unspecified atom stereocenters. The van der Waals surface area contributed by atoms with Gasteiger partial charge in [0.2, 0.25) is 0 Å². The third kappa shape index (κ3) is 4.83. The predicted octanol–water partition coefficient (Wildman–Crippen LogP) is 1.59. The second-order valence-electron chi connectivity index (χ2n) is 7.15. The van der Waals surface area contributed by atoms with E-state index in [1.165, 1.54) is 11.8 Å². The number of hydrogen-bond donors (Lipinski definition) is 3. The first-order chi connectivity index (χ1) is 13.4. The zero-order valence-electron chi connectivity index (χ0n) is 15.6. The quantitative estimate of drug-likeness (QED) is 0.361. The molecule has 1 aromatic rings. The number of imide groups is 1. The van der Waals surface area contributed by atoms with Crippen LogP contribution in [0.4, 0.5) is 4.79 Å². The summed E-state index contributed by atoms with van der Waals surface area (Å²) in [5.74, 6) is -1.07. The van der Waals surface area contributed by atoms with Crippen molar-refractivity contribution in [3.63, 3.8) is 0 Å². The van der Waals surface area contributed by atoms with Gasteiger partial charge in [0.1, 0.15) is 5.54 Å². The lowest BCUT2D eigenvalue weighted by molar-refractivity contribution is -0.125. The van der Waals surface area contributed by atoms with E-state index in [2.05, 4.69) is 16.0 Å². The summed E-state index contributed by atoms with van der Waals surface area (Å²) in [6.07, 6.45) is 4.13. The number of esters is 1. The second kappa shape index (κ2) is 8.64. The molecular weight excluding hydrogens is 382 g/mol. The molecule has 2 aliphatic rings. The van der Waals surface area contributed by atoms with Crippen LogP contribution in [0.15, 0.2) is 29.2 Å². The zero-order valence-corrected chi connectivity index (χ0v) is 16.4. The van der Waals surface area contributed by atoms with Gasteiger partial charge in [0.15, 0.2) is 6.61 Å². The Hall–Kier alpha value is -2.55. The lowest BCUT2D eigenvalue weighted by Gasteiger charge is -2.20. The van der Waals surface area contributed by atoms with E-state index >= 15 is 0 Å². The first kappa shape index (κ1) is 20.2. The molecule has 1 aromatic carbocycles. The topological polar surface area (TPSA) is 114 Å². The van der Waals surface area contributed by atoms with Gasteiger partial charge in [-0.2, -0.15) is 0 Å². The van der Waals surface area contributed by atoms with Gasteiger partial charge in [0.25, 0.3) is 11.8 Å². The molecule has 1 saturated heterocycles. The van der Waals surface area contributed by atoms with E-state index in [-0.39, 0.29) is 24.3 Å². The monoisotopic (exact) mass is 405 g/mol. The maximum atomic E-state index is 12.4. The summed E-state index contributed by atoms with van der Waals surface area (Å²) in [4.78, 5) is 48.3. The molecular formula is C19H23N3O5S. The van der Waals surface area contributed by atoms with Gasteiger partial charge >= 0.3 is 12.0 Å². The molecule has 1 aliphatic heterocycles. The number of thioether (sulfide) groups is 1. The molecule has 2 fully saturated rings. The van der Waals surface area contributed by atoms with E-state index in [9.17, 15) is 19.2 Å². The predicted molar refractivity (Wildman–Crippen MR) is 103 cm³/mol. The first-order valence-electron chi connectivity index (χ1n) is 9.19. The highest BCUT2D eigenvalue weighted by Gasteiger charge is 2.42. The van der Waals surface area contributed by atoms with Gasteiger partial charge in [0.05, 0.1) is 5.56 Å². The number of ether oxygens (including phenoxy) is 1. The van der Waals surface area contributed by atoms with Crippen molar-refractivity contribution in [3.05, 3.63) is 29.8 Å². The van der Waals surface area contributed by atoms with E-state index in [1.807, 2.05) is 0 Å². The Kier molecular flexibility index (Phi) is 6.23. The molecule has 3 N–H and O–H groups in total. The maximum absolute atomic E-state index is 12.4. The molecule has 0 aromatic heterocycles. The molecule has 1 atom stereocenters. The molecule has 1 aliphatic carbocycles. The molecule has 0 radical (unpaired) electrons. The Labute approximate surface area is 167 Å². The lowest BCUT2D eigenvalue weighted by Crippen LogP contribution is -2.46. The Bertz CT molecular complexity index is 794. The number of rotatable bonds is 7. The standard InChI is InChI=1S/C19H23N3O5S/c1-19(17(25)21-18(26)22-19)11-28-14-9-5-4-8-13(14)16(24)27-10-15(23)20-12-6-2-3-7-12/h4-5,8-9,12H,2-3,6-7,10-11H2,1H3,(H,20,23)(H2,21,22,25,26)/t19-/m1/s1. The smallest absolute Gasteiger partial charge is 0.339 e. The van der Waals surface area contributed by atoms with Gasteiger partial charge in [-0.05, 0) is 31.9 Å². The summed E-state index contributed by atoms with van der Waals surface area (Å²) in [6, 6.07) is 6.44. The molecule has 150 valence electrons. The average Bonchev–Trinajstić information content (AvgIpc) is 3.26. The van der Waals surface area contributed by atoms with Crippen molar-refractivity contribution in [3.8, 4) is 0 Å². The van der Waals surface area contributed by atoms with Gasteiger partial charge in [-0.15, -0.1) is 11.8 Å². The van der Waals surface area contributed by atoms with Crippen LogP contribution in [0, 0.1) is 0 Å². The third-order valence-corrected chi connectivity index (χ3v) is 6.18. The van der Waals surface area contributed by atoms with E-state index in [1.54, 1.807) is 31.2 Å². The Balaban J connectivity index is 1.56. The Morgan fingerprint density at radius 3 is 2.64 bits per heavy atom. The molecule has 8 nitrogen and oxygen atoms in total. The number of carbonyl (C=O) groups excluding carboxylic acids is 4. The van der Waals surface area contributed by atoms with Crippen LogP contribution in [0.1, 0.15) is 43.0 Å². The molecule has 1 heterocycles. The molecule has 1 saturated carbocycles. The van der Waals surface area contributed by atoms with Crippen molar-refractivity contribution in [2.24, 2.45) is 0 Å². The van der Waals surface area contributed by atoms with E-state index < -0.39 is 23.4 Å². The molecule has 28 heavy (non-hydrogen) atoms. The number of hydrogen-bond acceptors (Lipinski definition) is 6. The van der Waals surface area contributed by atoms with Gasteiger partial charge < -0.3 is 15.4 Å².